The topological polar surface area (TPSA) is 91.3 Å². The minimum Gasteiger partial charge on any atom is -0.457 e. The molecule has 8 nitrogen and oxygen atoms in total. The molecule has 0 aliphatic heterocycles. The molecule has 0 rings (SSSR count). The third kappa shape index (κ3) is 47.9. The minimum atomic E-state index is -4.27. The Morgan fingerprint density at radius 2 is 0.932 bits per heavy atom. The number of likely N-dealkylation sites (N-methyl/N-ethyl adjacent to an activating group) is 1. The van der Waals surface area contributed by atoms with Gasteiger partial charge in [0, 0.05) is 13.0 Å². The van der Waals surface area contributed by atoms with Crippen LogP contribution in [0.3, 0.4) is 0 Å². The first kappa shape index (κ1) is 58.0. The summed E-state index contributed by atoms with van der Waals surface area (Å²) < 4.78 is 35.1. The first-order chi connectivity index (χ1) is 28.6. The van der Waals surface area contributed by atoms with E-state index in [1.165, 1.54) is 173 Å². The molecule has 0 aromatic rings. The third-order valence-corrected chi connectivity index (χ3v) is 12.0. The van der Waals surface area contributed by atoms with E-state index in [9.17, 15) is 14.3 Å². The monoisotopic (exact) mass is 857 g/mol. The summed E-state index contributed by atoms with van der Waals surface area (Å²) in [6.45, 7) is 5.65. The van der Waals surface area contributed by atoms with Crippen LogP contribution in [0, 0.1) is 0 Å². The second kappa shape index (κ2) is 43.6. The van der Waals surface area contributed by atoms with Gasteiger partial charge in [0.2, 0.25) is 0 Å². The summed E-state index contributed by atoms with van der Waals surface area (Å²) in [4.78, 5) is 22.9. The quantitative estimate of drug-likeness (QED) is 0.0214. The Morgan fingerprint density at radius 1 is 0.525 bits per heavy atom. The Hall–Kier alpha value is -1.02. The average molecular weight is 857 g/mol. The molecule has 0 fully saturated rings. The summed E-state index contributed by atoms with van der Waals surface area (Å²) in [7, 11) is 1.68. The lowest BCUT2D eigenvalue weighted by Crippen LogP contribution is -2.37. The number of hydrogen-bond acceptors (Lipinski definition) is 6. The highest BCUT2D eigenvalue weighted by atomic mass is 31.2. The highest BCUT2D eigenvalue weighted by molar-refractivity contribution is 7.47. The van der Waals surface area contributed by atoms with Crippen molar-refractivity contribution in [3.05, 3.63) is 24.3 Å². The predicted molar refractivity (Wildman–Crippen MR) is 252 cm³/mol. The van der Waals surface area contributed by atoms with Crippen molar-refractivity contribution in [3.63, 3.8) is 0 Å². The Kier molecular flexibility index (Phi) is 42.9. The molecule has 0 saturated heterocycles. The van der Waals surface area contributed by atoms with Crippen LogP contribution in [0.4, 0.5) is 0 Å². The molecule has 2 atom stereocenters. The number of hydrogen-bond donors (Lipinski definition) is 1. The Balaban J connectivity index is 4.05. The van der Waals surface area contributed by atoms with Crippen molar-refractivity contribution >= 4 is 13.8 Å². The SMILES string of the molecule is CCCCCCC/C=C\C/C=C\CCCCCCCCCCCCCCCC(=O)OC(COCCCCCCCCCCCCCC)COP(=O)(O)OCC[N+](C)(C)C. The first-order valence-corrected chi connectivity index (χ1v) is 26.6. The molecule has 0 saturated carbocycles. The van der Waals surface area contributed by atoms with Gasteiger partial charge in [-0.1, -0.05) is 205 Å². The summed E-state index contributed by atoms with van der Waals surface area (Å²) in [5.74, 6) is -0.311. The standard InChI is InChI=1S/C50H98NO7P/c1-6-8-10-12-14-16-18-20-21-22-23-24-25-26-27-28-29-30-31-32-33-35-37-39-41-43-50(52)58-49(48-57-59(53,54)56-46-44-51(3,4)5)47-55-45-42-40-38-36-34-19-17-15-13-11-9-7-2/h18,20,22-23,49H,6-17,19,21,24-48H2,1-5H3/p+1/b20-18-,23-22-. The van der Waals surface area contributed by atoms with Gasteiger partial charge in [-0.05, 0) is 44.9 Å². The van der Waals surface area contributed by atoms with Gasteiger partial charge in [0.25, 0.3) is 0 Å². The van der Waals surface area contributed by atoms with Crippen LogP contribution in [0.2, 0.25) is 0 Å². The first-order valence-electron chi connectivity index (χ1n) is 25.1. The summed E-state index contributed by atoms with van der Waals surface area (Å²) in [6, 6.07) is 0. The third-order valence-electron chi connectivity index (χ3n) is 11.0. The number of esters is 1. The number of phosphoric ester groups is 1. The van der Waals surface area contributed by atoms with Crippen LogP contribution in [-0.4, -0.2) is 75.6 Å². The van der Waals surface area contributed by atoms with E-state index < -0.39 is 13.9 Å². The second-order valence-electron chi connectivity index (χ2n) is 18.2. The lowest BCUT2D eigenvalue weighted by Gasteiger charge is -2.24. The van der Waals surface area contributed by atoms with Gasteiger partial charge in [-0.15, -0.1) is 0 Å². The average Bonchev–Trinajstić information content (AvgIpc) is 3.19. The number of allylic oxidation sites excluding steroid dienone is 4. The molecular weight excluding hydrogens is 758 g/mol. The van der Waals surface area contributed by atoms with Gasteiger partial charge in [-0.2, -0.15) is 0 Å². The molecule has 350 valence electrons. The van der Waals surface area contributed by atoms with Crippen LogP contribution >= 0.6 is 7.82 Å². The number of carbonyl (C=O) groups excluding carboxylic acids is 1. The second-order valence-corrected chi connectivity index (χ2v) is 19.7. The van der Waals surface area contributed by atoms with Crippen LogP contribution in [-0.2, 0) is 27.9 Å². The molecule has 2 unspecified atom stereocenters. The zero-order chi connectivity index (χ0) is 43.4. The van der Waals surface area contributed by atoms with E-state index in [4.69, 9.17) is 18.5 Å². The molecule has 0 heterocycles. The Morgan fingerprint density at radius 3 is 1.37 bits per heavy atom. The van der Waals surface area contributed by atoms with E-state index in [-0.39, 0.29) is 25.8 Å². The summed E-state index contributed by atoms with van der Waals surface area (Å²) in [6.07, 6.45) is 50.8. The molecule has 9 heteroatoms. The largest absolute Gasteiger partial charge is 0.472 e. The molecule has 0 aromatic heterocycles. The van der Waals surface area contributed by atoms with E-state index in [1.54, 1.807) is 0 Å². The van der Waals surface area contributed by atoms with Crippen molar-refractivity contribution in [2.75, 3.05) is 54.1 Å². The maximum Gasteiger partial charge on any atom is 0.472 e. The number of nitrogens with zero attached hydrogens (tertiary/aromatic N) is 1. The van der Waals surface area contributed by atoms with Crippen molar-refractivity contribution in [1.29, 1.82) is 0 Å². The van der Waals surface area contributed by atoms with Gasteiger partial charge in [-0.3, -0.25) is 13.8 Å². The van der Waals surface area contributed by atoms with Crippen molar-refractivity contribution in [2.45, 2.75) is 238 Å². The molecule has 0 amide bonds. The number of phosphoric acid groups is 1. The predicted octanol–water partition coefficient (Wildman–Crippen LogP) is 15.2. The van der Waals surface area contributed by atoms with Crippen LogP contribution in [0.25, 0.3) is 0 Å². The zero-order valence-electron chi connectivity index (χ0n) is 39.8. The van der Waals surface area contributed by atoms with E-state index in [0.717, 1.165) is 38.5 Å². The number of carbonyl (C=O) groups is 1. The van der Waals surface area contributed by atoms with Gasteiger partial charge in [0.15, 0.2) is 0 Å². The number of quaternary nitrogens is 1. The van der Waals surface area contributed by atoms with Crippen LogP contribution in [0.1, 0.15) is 232 Å². The van der Waals surface area contributed by atoms with Crippen molar-refractivity contribution in [1.82, 2.24) is 0 Å². The molecule has 1 N–H and O–H groups in total. The van der Waals surface area contributed by atoms with Crippen molar-refractivity contribution in [2.24, 2.45) is 0 Å². The normalized spacial score (nSPS) is 13.8. The number of rotatable bonds is 47. The maximum absolute atomic E-state index is 12.7. The fourth-order valence-corrected chi connectivity index (χ4v) is 7.86. The molecule has 59 heavy (non-hydrogen) atoms. The van der Waals surface area contributed by atoms with Gasteiger partial charge >= 0.3 is 13.8 Å². The van der Waals surface area contributed by atoms with Crippen molar-refractivity contribution < 1.29 is 37.3 Å². The van der Waals surface area contributed by atoms with Crippen molar-refractivity contribution in [3.8, 4) is 0 Å². The Bertz CT molecular complexity index is 998. The number of unbranched alkanes of at least 4 members (excludes halogenated alkanes) is 29. The summed E-state index contributed by atoms with van der Waals surface area (Å²) in [5, 5.41) is 0. The van der Waals surface area contributed by atoms with Crippen LogP contribution in [0.15, 0.2) is 24.3 Å². The van der Waals surface area contributed by atoms with Gasteiger partial charge in [-0.25, -0.2) is 4.57 Å². The molecule has 0 aliphatic carbocycles. The summed E-state index contributed by atoms with van der Waals surface area (Å²) in [5.41, 5.74) is 0. The Labute approximate surface area is 366 Å². The van der Waals surface area contributed by atoms with E-state index in [2.05, 4.69) is 38.2 Å². The van der Waals surface area contributed by atoms with Crippen LogP contribution < -0.4 is 0 Å². The highest BCUT2D eigenvalue weighted by Gasteiger charge is 2.26. The van der Waals surface area contributed by atoms with Gasteiger partial charge in [0.1, 0.15) is 19.3 Å². The van der Waals surface area contributed by atoms with E-state index >= 15 is 0 Å². The molecule has 0 bridgehead atoms. The smallest absolute Gasteiger partial charge is 0.457 e. The summed E-state index contributed by atoms with van der Waals surface area (Å²) >= 11 is 0. The van der Waals surface area contributed by atoms with Gasteiger partial charge in [0.05, 0.1) is 34.4 Å². The fourth-order valence-electron chi connectivity index (χ4n) is 7.11. The lowest BCUT2D eigenvalue weighted by molar-refractivity contribution is -0.870. The van der Waals surface area contributed by atoms with Gasteiger partial charge < -0.3 is 18.9 Å². The fraction of sp³-hybridized carbons (Fsp3) is 0.900. The number of ether oxygens (including phenoxy) is 2. The maximum atomic E-state index is 12.7. The van der Waals surface area contributed by atoms with Crippen LogP contribution in [0.5, 0.6) is 0 Å². The molecule has 0 radical (unpaired) electrons. The molecule has 0 aliphatic rings. The zero-order valence-corrected chi connectivity index (χ0v) is 40.6. The molecule has 0 aromatic carbocycles. The molecule has 0 spiro atoms. The minimum absolute atomic E-state index is 0.0910. The molecular formula is C50H99NO7P+. The lowest BCUT2D eigenvalue weighted by atomic mass is 10.0. The highest BCUT2D eigenvalue weighted by Crippen LogP contribution is 2.43. The van der Waals surface area contributed by atoms with E-state index in [0.29, 0.717) is 24.1 Å². The van der Waals surface area contributed by atoms with E-state index in [1.807, 2.05) is 21.1 Å².